The topological polar surface area (TPSA) is 147 Å². The minimum Gasteiger partial charge on any atom is -0.550 e. The smallest absolute Gasteiger partial charge is 0.550 e. The van der Waals surface area contributed by atoms with Crippen molar-refractivity contribution in [3.63, 3.8) is 0 Å². The molecule has 16 heteroatoms. The summed E-state index contributed by atoms with van der Waals surface area (Å²) < 4.78 is 27.5. The second-order valence-corrected chi connectivity index (χ2v) is 14.3. The first-order valence-corrected chi connectivity index (χ1v) is 20.9. The Kier molecular flexibility index (Phi) is 24.9. The maximum absolute atomic E-state index is 13.5. The van der Waals surface area contributed by atoms with Gasteiger partial charge in [0.15, 0.2) is 0 Å². The van der Waals surface area contributed by atoms with Gasteiger partial charge in [-0.1, -0.05) is 18.2 Å². The molecule has 0 aliphatic rings. The number of carboxylic acid groups (broad SMARTS) is 1. The quantitative estimate of drug-likeness (QED) is 0.0737. The van der Waals surface area contributed by atoms with Gasteiger partial charge in [-0.2, -0.15) is 30.7 Å². The van der Waals surface area contributed by atoms with Gasteiger partial charge in [0.05, 0.1) is 43.1 Å². The average molecular weight is 980 g/mol. The third-order valence-corrected chi connectivity index (χ3v) is 9.54. The molecule has 6 aromatic rings. The minimum atomic E-state index is -1.08. The van der Waals surface area contributed by atoms with E-state index < -0.39 is 5.97 Å². The Morgan fingerprint density at radius 1 is 0.516 bits per heavy atom. The molecule has 0 saturated carbocycles. The van der Waals surface area contributed by atoms with Gasteiger partial charge in [-0.15, -0.1) is 0 Å². The number of halogens is 4. The monoisotopic (exact) mass is 977 g/mol. The standard InChI is InChI=1S/C22H21BrFN5.C12H9BrFN3.C10H15N.C2H4O2.Na/c1-3-29(4-2)20-12-9-18(10-13-20)26-25-16-5-7-17(8-6-16)27-28-19-11-14-21(23)22(24)15-19;13-11-6-5-10(7-12(11)14)17-16-9-3-1-8(15)2-4-9;1-3-11(4-2)10-8-6-5-7-9-10;1-2(3)4;/h5-15H,3-4H2,1-2H3;1-7H,15H2;5-9H,3-4H2,1-2H3;1H3,(H,3,4);/q;;;;+1/p-1. The fraction of sp³-hybridized carbons (Fsp3) is 0.196. The molecule has 62 heavy (non-hydrogen) atoms. The summed E-state index contributed by atoms with van der Waals surface area (Å²) >= 11 is 6.18. The molecule has 0 bridgehead atoms. The molecule has 0 unspecified atom stereocenters. The predicted octanol–water partition coefficient (Wildman–Crippen LogP) is 11.1. The van der Waals surface area contributed by atoms with Gasteiger partial charge in [-0.3, -0.25) is 0 Å². The summed E-state index contributed by atoms with van der Waals surface area (Å²) in [4.78, 5) is 13.5. The van der Waals surface area contributed by atoms with Crippen molar-refractivity contribution in [1.29, 1.82) is 0 Å². The zero-order valence-corrected chi connectivity index (χ0v) is 40.8. The molecule has 6 aromatic carbocycles. The average Bonchev–Trinajstić information content (AvgIpc) is 3.27. The third kappa shape index (κ3) is 19.7. The Bertz CT molecular complexity index is 2310. The molecule has 6 rings (SSSR count). The first-order valence-electron chi connectivity index (χ1n) is 19.3. The zero-order chi connectivity index (χ0) is 44.6. The molecule has 0 heterocycles. The Morgan fingerprint density at radius 2 is 0.790 bits per heavy atom. The molecule has 0 aromatic heterocycles. The van der Waals surface area contributed by atoms with Crippen molar-refractivity contribution in [3.05, 3.63) is 160 Å². The van der Waals surface area contributed by atoms with Crippen LogP contribution in [0.2, 0.25) is 0 Å². The van der Waals surface area contributed by atoms with Crippen molar-refractivity contribution in [2.75, 3.05) is 41.7 Å². The number of nitrogens with two attached hydrogens (primary N) is 1. The van der Waals surface area contributed by atoms with Crippen LogP contribution in [0.15, 0.2) is 179 Å². The number of para-hydroxylation sites is 1. The molecule has 0 radical (unpaired) electrons. The van der Waals surface area contributed by atoms with Gasteiger partial charge in [0.25, 0.3) is 0 Å². The van der Waals surface area contributed by atoms with E-state index in [4.69, 9.17) is 15.6 Å². The number of carboxylic acids is 1. The number of hydrogen-bond acceptors (Lipinski definition) is 11. The van der Waals surface area contributed by atoms with Gasteiger partial charge in [-0.05, 0) is 176 Å². The van der Waals surface area contributed by atoms with E-state index in [1.807, 2.05) is 30.3 Å². The zero-order valence-electron chi connectivity index (χ0n) is 35.6. The van der Waals surface area contributed by atoms with Gasteiger partial charge in [0, 0.05) is 61.3 Å². The largest absolute Gasteiger partial charge is 1.00 e. The van der Waals surface area contributed by atoms with Gasteiger partial charge < -0.3 is 25.4 Å². The number of rotatable bonds is 12. The van der Waals surface area contributed by atoms with Gasteiger partial charge in [0.2, 0.25) is 0 Å². The molecule has 0 spiro atoms. The van der Waals surface area contributed by atoms with Crippen molar-refractivity contribution in [2.24, 2.45) is 30.7 Å². The van der Waals surface area contributed by atoms with E-state index in [0.29, 0.717) is 43.1 Å². The van der Waals surface area contributed by atoms with Gasteiger partial charge in [-0.25, -0.2) is 8.78 Å². The van der Waals surface area contributed by atoms with E-state index in [9.17, 15) is 8.78 Å². The summed E-state index contributed by atoms with van der Waals surface area (Å²) in [6.45, 7) is 13.7. The maximum atomic E-state index is 13.5. The summed E-state index contributed by atoms with van der Waals surface area (Å²) in [6, 6.07) is 41.8. The van der Waals surface area contributed by atoms with Crippen LogP contribution in [0.1, 0.15) is 34.6 Å². The molecule has 318 valence electrons. The number of anilines is 3. The van der Waals surface area contributed by atoms with Crippen LogP contribution in [0.25, 0.3) is 0 Å². The van der Waals surface area contributed by atoms with Gasteiger partial charge >= 0.3 is 29.6 Å². The molecule has 0 aliphatic carbocycles. The Balaban J connectivity index is 0.000000337. The molecule has 2 N–H and O–H groups in total. The van der Waals surface area contributed by atoms with Crippen molar-refractivity contribution >= 4 is 89.0 Å². The molecule has 0 atom stereocenters. The number of azo groups is 3. The van der Waals surface area contributed by atoms with E-state index in [-0.39, 0.29) is 41.2 Å². The van der Waals surface area contributed by atoms with Crippen LogP contribution in [0.4, 0.5) is 60.0 Å². The Morgan fingerprint density at radius 3 is 1.11 bits per heavy atom. The molecular weight excluding hydrogens is 931 g/mol. The van der Waals surface area contributed by atoms with Crippen LogP contribution in [-0.4, -0.2) is 32.1 Å². The summed E-state index contributed by atoms with van der Waals surface area (Å²) in [7, 11) is 0. The summed E-state index contributed by atoms with van der Waals surface area (Å²) in [5, 5.41) is 33.5. The van der Waals surface area contributed by atoms with Gasteiger partial charge in [0.1, 0.15) is 11.6 Å². The number of hydrogen-bond donors (Lipinski definition) is 1. The molecular formula is C46H48Br2F2N9NaO2. The number of aliphatic carboxylic acids is 1. The van der Waals surface area contributed by atoms with Crippen LogP contribution >= 0.6 is 31.9 Å². The first-order chi connectivity index (χ1) is 29.3. The van der Waals surface area contributed by atoms with E-state index in [1.165, 1.54) is 23.5 Å². The molecule has 0 fully saturated rings. The number of carbonyl (C=O) groups is 1. The fourth-order valence-electron chi connectivity index (χ4n) is 5.11. The van der Waals surface area contributed by atoms with Crippen molar-refractivity contribution in [1.82, 2.24) is 0 Å². The first kappa shape index (κ1) is 52.9. The van der Waals surface area contributed by atoms with E-state index >= 15 is 0 Å². The van der Waals surface area contributed by atoms with Crippen LogP contribution < -0.4 is 50.2 Å². The minimum absolute atomic E-state index is 0. The normalized spacial score (nSPS) is 10.5. The summed E-state index contributed by atoms with van der Waals surface area (Å²) in [6.07, 6.45) is 0. The van der Waals surface area contributed by atoms with E-state index in [1.54, 1.807) is 60.7 Å². The Labute approximate surface area is 401 Å². The predicted molar refractivity (Wildman–Crippen MR) is 249 cm³/mol. The second-order valence-electron chi connectivity index (χ2n) is 12.6. The SMILES string of the molecule is CC(=O)[O-].CCN(CC)c1ccc(N=Nc2ccc(N=Nc3ccc(Br)c(F)c3)cc2)cc1.CCN(CC)c1ccccc1.Nc1ccc(N=Nc2ccc(Br)c(F)c2)cc1.[Na+]. The van der Waals surface area contributed by atoms with E-state index in [2.05, 4.69) is 136 Å². The molecule has 0 saturated heterocycles. The second kappa shape index (κ2) is 29.2. The maximum Gasteiger partial charge on any atom is 1.00 e. The fourth-order valence-corrected chi connectivity index (χ4v) is 5.61. The molecule has 0 amide bonds. The van der Waals surface area contributed by atoms with Crippen molar-refractivity contribution in [2.45, 2.75) is 34.6 Å². The van der Waals surface area contributed by atoms with Crippen LogP contribution in [0.5, 0.6) is 0 Å². The molecule has 11 nitrogen and oxygen atoms in total. The number of nitrogen functional groups attached to an aromatic ring is 1. The van der Waals surface area contributed by atoms with Crippen LogP contribution in [0.3, 0.4) is 0 Å². The molecule has 0 aliphatic heterocycles. The summed E-state index contributed by atoms with van der Waals surface area (Å²) in [5.74, 6) is -1.82. The van der Waals surface area contributed by atoms with Crippen LogP contribution in [-0.2, 0) is 4.79 Å². The third-order valence-electron chi connectivity index (χ3n) is 8.26. The van der Waals surface area contributed by atoms with E-state index in [0.717, 1.165) is 38.8 Å². The summed E-state index contributed by atoms with van der Waals surface area (Å²) in [5.41, 5.74) is 12.4. The number of benzene rings is 6. The number of nitrogens with zero attached hydrogens (tertiary/aromatic N) is 8. The van der Waals surface area contributed by atoms with Crippen molar-refractivity contribution in [3.8, 4) is 0 Å². The Hall–Kier alpha value is -5.19. The van der Waals surface area contributed by atoms with Crippen LogP contribution in [0, 0.1) is 11.6 Å². The van der Waals surface area contributed by atoms with Crippen molar-refractivity contribution < 1.29 is 48.2 Å². The number of carbonyl (C=O) groups excluding carboxylic acids is 1.